The zero-order valence-electron chi connectivity index (χ0n) is 22.7. The van der Waals surface area contributed by atoms with E-state index in [0.29, 0.717) is 43.0 Å². The molecule has 0 aliphatic carbocycles. The number of fused-ring (bicyclic) bond motifs is 1. The normalized spacial score (nSPS) is 14.2. The number of carbonyl (C=O) groups excluding carboxylic acids is 2. The molecule has 0 radical (unpaired) electrons. The van der Waals surface area contributed by atoms with E-state index in [1.54, 1.807) is 45.8 Å². The maximum atomic E-state index is 13.9. The van der Waals surface area contributed by atoms with Crippen LogP contribution in [0, 0.1) is 0 Å². The standard InChI is InChI=1S/C29H35N3O6S2/c1-3-5-10-23(27(35)32(17-21-8-6-13-39-21)18-22-9-7-14-40-22)30-28(36)31-29(4-2,16-26(33)34)20-11-12-24-25(15-20)38-19-37-24/h6-9,11-15,23H,3-5,10,16-19H2,1-2H3,(H,33,34)(H2,30,31,36)/t23-,29+/m0/s1. The summed E-state index contributed by atoms with van der Waals surface area (Å²) >= 11 is 3.16. The van der Waals surface area contributed by atoms with Crippen molar-refractivity contribution in [1.29, 1.82) is 0 Å². The maximum Gasteiger partial charge on any atom is 0.316 e. The van der Waals surface area contributed by atoms with Gasteiger partial charge in [-0.15, -0.1) is 22.7 Å². The van der Waals surface area contributed by atoms with Crippen molar-refractivity contribution >= 4 is 40.6 Å². The molecule has 3 aromatic rings. The van der Waals surface area contributed by atoms with Crippen LogP contribution in [0.3, 0.4) is 0 Å². The maximum absolute atomic E-state index is 13.9. The molecular weight excluding hydrogens is 550 g/mol. The number of hydrogen-bond donors (Lipinski definition) is 3. The van der Waals surface area contributed by atoms with Crippen molar-refractivity contribution < 1.29 is 29.0 Å². The molecule has 0 spiro atoms. The minimum Gasteiger partial charge on any atom is -0.481 e. The number of carbonyl (C=O) groups is 3. The molecule has 0 bridgehead atoms. The number of carboxylic acid groups (broad SMARTS) is 1. The molecule has 11 heteroatoms. The first-order valence-electron chi connectivity index (χ1n) is 13.4. The van der Waals surface area contributed by atoms with Gasteiger partial charge in [0, 0.05) is 9.75 Å². The lowest BCUT2D eigenvalue weighted by molar-refractivity contribution is -0.139. The Morgan fingerprint density at radius 3 is 2.27 bits per heavy atom. The van der Waals surface area contributed by atoms with Crippen LogP contribution in [0.4, 0.5) is 4.79 Å². The van der Waals surface area contributed by atoms with Gasteiger partial charge in [0.1, 0.15) is 6.04 Å². The van der Waals surface area contributed by atoms with Crippen LogP contribution in [0.25, 0.3) is 0 Å². The Kier molecular flexibility index (Phi) is 10.1. The molecule has 3 heterocycles. The van der Waals surface area contributed by atoms with Crippen molar-refractivity contribution in [1.82, 2.24) is 15.5 Å². The Balaban J connectivity index is 1.56. The van der Waals surface area contributed by atoms with Gasteiger partial charge in [0.05, 0.1) is 25.0 Å². The molecule has 1 aliphatic heterocycles. The monoisotopic (exact) mass is 585 g/mol. The van der Waals surface area contributed by atoms with E-state index < -0.39 is 23.6 Å². The van der Waals surface area contributed by atoms with Crippen LogP contribution in [0.1, 0.15) is 61.3 Å². The van der Waals surface area contributed by atoms with Crippen molar-refractivity contribution in [3.63, 3.8) is 0 Å². The first kappa shape index (κ1) is 29.4. The van der Waals surface area contributed by atoms with Crippen LogP contribution in [0.15, 0.2) is 53.2 Å². The number of nitrogens with zero attached hydrogens (tertiary/aromatic N) is 1. The van der Waals surface area contributed by atoms with Gasteiger partial charge in [-0.05, 0) is 53.4 Å². The molecule has 214 valence electrons. The molecule has 0 saturated carbocycles. The van der Waals surface area contributed by atoms with Gasteiger partial charge >= 0.3 is 12.0 Å². The van der Waals surface area contributed by atoms with E-state index in [4.69, 9.17) is 9.47 Å². The molecular formula is C29H35N3O6S2. The van der Waals surface area contributed by atoms with Crippen molar-refractivity contribution in [2.45, 2.75) is 70.6 Å². The molecule has 1 aliphatic rings. The Morgan fingerprint density at radius 1 is 1.02 bits per heavy atom. The topological polar surface area (TPSA) is 117 Å². The first-order chi connectivity index (χ1) is 19.3. The van der Waals surface area contributed by atoms with Crippen molar-refractivity contribution in [3.8, 4) is 11.5 Å². The molecule has 3 N–H and O–H groups in total. The number of rotatable bonds is 14. The SMILES string of the molecule is CCCC[C@H](NC(=O)N[C@](CC)(CC(=O)O)c1ccc2c(c1)OCO2)C(=O)N(Cc1cccs1)Cc1cccs1. The second kappa shape index (κ2) is 13.7. The number of benzene rings is 1. The second-order valence-electron chi connectivity index (χ2n) is 9.72. The fourth-order valence-corrected chi connectivity index (χ4v) is 6.22. The number of carboxylic acids is 1. The highest BCUT2D eigenvalue weighted by atomic mass is 32.1. The van der Waals surface area contributed by atoms with E-state index >= 15 is 0 Å². The predicted molar refractivity (Wildman–Crippen MR) is 155 cm³/mol. The van der Waals surface area contributed by atoms with Crippen LogP contribution in [0.2, 0.25) is 0 Å². The largest absolute Gasteiger partial charge is 0.481 e. The highest BCUT2D eigenvalue weighted by Crippen LogP contribution is 2.38. The van der Waals surface area contributed by atoms with Gasteiger partial charge in [0.15, 0.2) is 11.5 Å². The highest BCUT2D eigenvalue weighted by Gasteiger charge is 2.37. The van der Waals surface area contributed by atoms with Gasteiger partial charge in [0.25, 0.3) is 0 Å². The van der Waals surface area contributed by atoms with Crippen LogP contribution in [-0.2, 0) is 28.2 Å². The van der Waals surface area contributed by atoms with E-state index in [-0.39, 0.29) is 19.1 Å². The number of urea groups is 1. The molecule has 0 unspecified atom stereocenters. The number of nitrogens with one attached hydrogen (secondary N) is 2. The molecule has 3 amide bonds. The van der Waals surface area contributed by atoms with E-state index in [0.717, 1.165) is 22.6 Å². The van der Waals surface area contributed by atoms with Crippen molar-refractivity contribution in [2.75, 3.05) is 6.79 Å². The Morgan fingerprint density at radius 2 is 1.70 bits per heavy atom. The Labute approximate surface area is 242 Å². The highest BCUT2D eigenvalue weighted by molar-refractivity contribution is 7.10. The molecule has 40 heavy (non-hydrogen) atoms. The molecule has 4 rings (SSSR count). The second-order valence-corrected chi connectivity index (χ2v) is 11.8. The minimum atomic E-state index is -1.22. The summed E-state index contributed by atoms with van der Waals surface area (Å²) in [4.78, 5) is 43.2. The minimum absolute atomic E-state index is 0.0828. The summed E-state index contributed by atoms with van der Waals surface area (Å²) in [6, 6.07) is 11.7. The molecule has 2 atom stereocenters. The van der Waals surface area contributed by atoms with E-state index in [9.17, 15) is 19.5 Å². The van der Waals surface area contributed by atoms with Gasteiger partial charge < -0.3 is 30.1 Å². The Bertz CT molecular complexity index is 1240. The number of thiophene rings is 2. The number of ether oxygens (including phenoxy) is 2. The lowest BCUT2D eigenvalue weighted by Gasteiger charge is -2.34. The van der Waals surface area contributed by atoms with Crippen LogP contribution in [0.5, 0.6) is 11.5 Å². The average Bonchev–Trinajstić information content (AvgIpc) is 3.72. The quantitative estimate of drug-likeness (QED) is 0.223. The summed E-state index contributed by atoms with van der Waals surface area (Å²) in [6.07, 6.45) is 2.04. The molecule has 0 fully saturated rings. The van der Waals surface area contributed by atoms with E-state index in [1.165, 1.54) is 0 Å². The van der Waals surface area contributed by atoms with Gasteiger partial charge in [-0.1, -0.05) is 44.9 Å². The summed E-state index contributed by atoms with van der Waals surface area (Å²) in [5, 5.41) is 19.5. The predicted octanol–water partition coefficient (Wildman–Crippen LogP) is 5.71. The third-order valence-electron chi connectivity index (χ3n) is 6.95. The fraction of sp³-hybridized carbons (Fsp3) is 0.414. The summed E-state index contributed by atoms with van der Waals surface area (Å²) in [5.41, 5.74) is -0.631. The smallest absolute Gasteiger partial charge is 0.316 e. The zero-order valence-corrected chi connectivity index (χ0v) is 24.3. The van der Waals surface area contributed by atoms with Gasteiger partial charge in [0.2, 0.25) is 12.7 Å². The third kappa shape index (κ3) is 7.33. The summed E-state index contributed by atoms with van der Waals surface area (Å²) in [7, 11) is 0. The van der Waals surface area contributed by atoms with Crippen LogP contribution < -0.4 is 20.1 Å². The van der Waals surface area contributed by atoms with Crippen LogP contribution >= 0.6 is 22.7 Å². The lowest BCUT2D eigenvalue weighted by Crippen LogP contribution is -2.56. The Hall–Kier alpha value is -3.57. The van der Waals surface area contributed by atoms with E-state index in [1.807, 2.05) is 48.9 Å². The average molecular weight is 586 g/mol. The molecule has 1 aromatic carbocycles. The van der Waals surface area contributed by atoms with Gasteiger partial charge in [-0.2, -0.15) is 0 Å². The molecule has 9 nitrogen and oxygen atoms in total. The van der Waals surface area contributed by atoms with E-state index in [2.05, 4.69) is 10.6 Å². The zero-order chi connectivity index (χ0) is 28.5. The first-order valence-corrected chi connectivity index (χ1v) is 15.1. The summed E-state index contributed by atoms with van der Waals surface area (Å²) < 4.78 is 10.9. The van der Waals surface area contributed by atoms with Crippen LogP contribution in [-0.4, -0.2) is 40.7 Å². The van der Waals surface area contributed by atoms with Gasteiger partial charge in [-0.3, -0.25) is 9.59 Å². The number of unbranched alkanes of at least 4 members (excludes halogenated alkanes) is 1. The summed E-state index contributed by atoms with van der Waals surface area (Å²) in [6.45, 7) is 4.81. The fourth-order valence-electron chi connectivity index (χ4n) is 4.78. The number of aliphatic carboxylic acids is 1. The van der Waals surface area contributed by atoms with Crippen molar-refractivity contribution in [3.05, 3.63) is 68.5 Å². The summed E-state index contributed by atoms with van der Waals surface area (Å²) in [5.74, 6) is -0.169. The number of hydrogen-bond acceptors (Lipinski definition) is 7. The number of amides is 3. The third-order valence-corrected chi connectivity index (χ3v) is 8.67. The molecule has 2 aromatic heterocycles. The lowest BCUT2D eigenvalue weighted by atomic mass is 9.84. The van der Waals surface area contributed by atoms with Crippen molar-refractivity contribution in [2.24, 2.45) is 0 Å². The van der Waals surface area contributed by atoms with Gasteiger partial charge in [-0.25, -0.2) is 4.79 Å². The molecule has 0 saturated heterocycles.